The van der Waals surface area contributed by atoms with Gasteiger partial charge in [0, 0.05) is 31.1 Å². The van der Waals surface area contributed by atoms with Gasteiger partial charge in [0.2, 0.25) is 0 Å². The van der Waals surface area contributed by atoms with Crippen molar-refractivity contribution in [1.29, 1.82) is 0 Å². The van der Waals surface area contributed by atoms with Gasteiger partial charge < -0.3 is 14.6 Å². The van der Waals surface area contributed by atoms with Crippen LogP contribution in [0.3, 0.4) is 0 Å². The quantitative estimate of drug-likeness (QED) is 0.917. The summed E-state index contributed by atoms with van der Waals surface area (Å²) in [7, 11) is 0. The molecule has 3 rings (SSSR count). The third-order valence-corrected chi connectivity index (χ3v) is 4.78. The zero-order valence-electron chi connectivity index (χ0n) is 14.4. The van der Waals surface area contributed by atoms with Crippen LogP contribution in [0, 0.1) is 13.8 Å². The summed E-state index contributed by atoms with van der Waals surface area (Å²) < 4.78 is 1.99. The van der Waals surface area contributed by atoms with Crippen molar-refractivity contribution in [3.8, 4) is 0 Å². The molecule has 5 nitrogen and oxygen atoms in total. The number of aromatic nitrogens is 2. The first kappa shape index (κ1) is 16.3. The summed E-state index contributed by atoms with van der Waals surface area (Å²) in [6.07, 6.45) is 6.24. The highest BCUT2D eigenvalue weighted by Crippen LogP contribution is 2.37. The van der Waals surface area contributed by atoms with Crippen molar-refractivity contribution in [2.45, 2.75) is 39.8 Å². The Bertz CT molecular complexity index is 778. The molecule has 1 aliphatic rings. The van der Waals surface area contributed by atoms with Gasteiger partial charge in [0.1, 0.15) is 0 Å². The van der Waals surface area contributed by atoms with Gasteiger partial charge in [-0.2, -0.15) is 0 Å². The second-order valence-electron chi connectivity index (χ2n) is 6.43. The molecule has 5 heteroatoms. The van der Waals surface area contributed by atoms with E-state index in [1.165, 1.54) is 11.1 Å². The predicted octanol–water partition coefficient (Wildman–Crippen LogP) is 3.31. The maximum Gasteiger partial charge on any atom is 0.289 e. The highest BCUT2D eigenvalue weighted by atomic mass is 16.3. The van der Waals surface area contributed by atoms with E-state index in [4.69, 9.17) is 0 Å². The number of hydrogen-bond donors (Lipinski definition) is 1. The molecule has 0 bridgehead atoms. The van der Waals surface area contributed by atoms with Crippen molar-refractivity contribution in [2.24, 2.45) is 0 Å². The molecule has 2 heterocycles. The first-order chi connectivity index (χ1) is 11.5. The van der Waals surface area contributed by atoms with Crippen LogP contribution in [0.1, 0.15) is 36.1 Å². The van der Waals surface area contributed by atoms with Crippen LogP contribution >= 0.6 is 0 Å². The lowest BCUT2D eigenvalue weighted by atomic mass is 9.97. The zero-order chi connectivity index (χ0) is 17.3. The second kappa shape index (κ2) is 6.51. The Balaban J connectivity index is 1.80. The minimum Gasteiger partial charge on any atom is -0.503 e. The molecule has 1 N–H and O–H groups in total. The van der Waals surface area contributed by atoms with E-state index in [1.54, 1.807) is 17.4 Å². The van der Waals surface area contributed by atoms with Crippen LogP contribution in [0.5, 0.6) is 0 Å². The molecule has 1 aromatic carbocycles. The zero-order valence-corrected chi connectivity index (χ0v) is 14.4. The third kappa shape index (κ3) is 2.94. The fraction of sp³-hybridized carbons (Fsp3) is 0.368. The minimum absolute atomic E-state index is 0.110. The van der Waals surface area contributed by atoms with E-state index in [9.17, 15) is 9.90 Å². The van der Waals surface area contributed by atoms with Crippen molar-refractivity contribution in [3.05, 3.63) is 64.9 Å². The Morgan fingerprint density at radius 1 is 1.17 bits per heavy atom. The normalized spacial score (nSPS) is 17.9. The summed E-state index contributed by atoms with van der Waals surface area (Å²) in [6.45, 7) is 7.36. The van der Waals surface area contributed by atoms with E-state index < -0.39 is 0 Å². The smallest absolute Gasteiger partial charge is 0.289 e. The van der Waals surface area contributed by atoms with Crippen molar-refractivity contribution < 1.29 is 9.90 Å². The summed E-state index contributed by atoms with van der Waals surface area (Å²) >= 11 is 0. The SMILES string of the molecule is CC1=C(O)C(=O)N(CCCn2ccnc2)C1c1ccc(C)c(C)c1. The van der Waals surface area contributed by atoms with E-state index >= 15 is 0 Å². The summed E-state index contributed by atoms with van der Waals surface area (Å²) in [5, 5.41) is 10.1. The number of aliphatic hydroxyl groups excluding tert-OH is 1. The molecule has 24 heavy (non-hydrogen) atoms. The summed E-state index contributed by atoms with van der Waals surface area (Å²) in [5.41, 5.74) is 4.19. The molecule has 0 fully saturated rings. The molecule has 0 saturated heterocycles. The molecule has 2 aromatic rings. The van der Waals surface area contributed by atoms with Gasteiger partial charge in [-0.1, -0.05) is 18.2 Å². The highest BCUT2D eigenvalue weighted by molar-refractivity contribution is 5.95. The van der Waals surface area contributed by atoms with E-state index in [0.29, 0.717) is 6.54 Å². The fourth-order valence-corrected chi connectivity index (χ4v) is 3.22. The van der Waals surface area contributed by atoms with Gasteiger partial charge in [0.15, 0.2) is 5.76 Å². The van der Waals surface area contributed by atoms with Gasteiger partial charge >= 0.3 is 0 Å². The molecule has 0 saturated carbocycles. The average molecular weight is 325 g/mol. The predicted molar refractivity (Wildman–Crippen MR) is 92.5 cm³/mol. The number of amides is 1. The number of carbonyl (C=O) groups is 1. The molecule has 0 radical (unpaired) electrons. The van der Waals surface area contributed by atoms with Crippen LogP contribution in [0.15, 0.2) is 48.3 Å². The number of imidazole rings is 1. The van der Waals surface area contributed by atoms with E-state index in [1.807, 2.05) is 23.8 Å². The molecule has 1 atom stereocenters. The number of nitrogens with zero attached hydrogens (tertiary/aromatic N) is 3. The van der Waals surface area contributed by atoms with Gasteiger partial charge in [-0.25, -0.2) is 4.98 Å². The lowest BCUT2D eigenvalue weighted by Gasteiger charge is -2.27. The Labute approximate surface area is 142 Å². The molecule has 126 valence electrons. The number of benzene rings is 1. The van der Waals surface area contributed by atoms with Crippen molar-refractivity contribution in [1.82, 2.24) is 14.5 Å². The van der Waals surface area contributed by atoms with Crippen LogP contribution in [-0.2, 0) is 11.3 Å². The third-order valence-electron chi connectivity index (χ3n) is 4.78. The number of rotatable bonds is 5. The molecule has 0 spiro atoms. The molecule has 1 unspecified atom stereocenters. The monoisotopic (exact) mass is 325 g/mol. The van der Waals surface area contributed by atoms with E-state index in [0.717, 1.165) is 24.1 Å². The topological polar surface area (TPSA) is 58.4 Å². The standard InChI is InChI=1S/C19H23N3O2/c1-13-5-6-16(11-14(13)2)17-15(3)18(23)19(24)22(17)9-4-8-21-10-7-20-12-21/h5-7,10-12,17,23H,4,8-9H2,1-3H3. The van der Waals surface area contributed by atoms with E-state index in [2.05, 4.69) is 31.0 Å². The first-order valence-electron chi connectivity index (χ1n) is 8.22. The van der Waals surface area contributed by atoms with Gasteiger partial charge in [-0.15, -0.1) is 0 Å². The molecular formula is C19H23N3O2. The van der Waals surface area contributed by atoms with Crippen LogP contribution in [0.4, 0.5) is 0 Å². The number of aliphatic hydroxyl groups is 1. The Kier molecular flexibility index (Phi) is 4.42. The molecule has 0 aliphatic carbocycles. The van der Waals surface area contributed by atoms with Gasteiger partial charge in [-0.05, 0) is 43.9 Å². The largest absolute Gasteiger partial charge is 0.503 e. The first-order valence-corrected chi connectivity index (χ1v) is 8.22. The van der Waals surface area contributed by atoms with Crippen LogP contribution in [-0.4, -0.2) is 32.0 Å². The minimum atomic E-state index is -0.277. The van der Waals surface area contributed by atoms with E-state index in [-0.39, 0.29) is 17.7 Å². The molecule has 1 aromatic heterocycles. The average Bonchev–Trinajstić information content (AvgIpc) is 3.14. The summed E-state index contributed by atoms with van der Waals surface area (Å²) in [6, 6.07) is 6.05. The lowest BCUT2D eigenvalue weighted by Crippen LogP contribution is -2.31. The fourth-order valence-electron chi connectivity index (χ4n) is 3.22. The Hall–Kier alpha value is -2.56. The number of carbonyl (C=O) groups excluding carboxylic acids is 1. The number of aryl methyl sites for hydroxylation is 3. The van der Waals surface area contributed by atoms with Crippen molar-refractivity contribution >= 4 is 5.91 Å². The van der Waals surface area contributed by atoms with Crippen LogP contribution in [0.25, 0.3) is 0 Å². The van der Waals surface area contributed by atoms with Crippen LogP contribution < -0.4 is 0 Å². The number of hydrogen-bond acceptors (Lipinski definition) is 3. The van der Waals surface area contributed by atoms with Gasteiger partial charge in [0.25, 0.3) is 5.91 Å². The Morgan fingerprint density at radius 2 is 1.96 bits per heavy atom. The maximum atomic E-state index is 12.4. The summed E-state index contributed by atoms with van der Waals surface area (Å²) in [4.78, 5) is 18.2. The second-order valence-corrected chi connectivity index (χ2v) is 6.43. The maximum absolute atomic E-state index is 12.4. The van der Waals surface area contributed by atoms with Crippen LogP contribution in [0.2, 0.25) is 0 Å². The molecule has 1 amide bonds. The lowest BCUT2D eigenvalue weighted by molar-refractivity contribution is -0.129. The summed E-state index contributed by atoms with van der Waals surface area (Å²) in [5.74, 6) is -0.387. The van der Waals surface area contributed by atoms with Crippen molar-refractivity contribution in [3.63, 3.8) is 0 Å². The Morgan fingerprint density at radius 3 is 2.62 bits per heavy atom. The highest BCUT2D eigenvalue weighted by Gasteiger charge is 2.37. The van der Waals surface area contributed by atoms with Gasteiger partial charge in [0.05, 0.1) is 12.4 Å². The van der Waals surface area contributed by atoms with Gasteiger partial charge in [-0.3, -0.25) is 4.79 Å². The molecular weight excluding hydrogens is 302 g/mol. The van der Waals surface area contributed by atoms with Crippen molar-refractivity contribution in [2.75, 3.05) is 6.54 Å². The molecule has 1 aliphatic heterocycles.